The van der Waals surface area contributed by atoms with E-state index in [4.69, 9.17) is 9.47 Å². The first-order chi connectivity index (χ1) is 11.9. The largest absolute Gasteiger partial charge is 0.361 e. The van der Waals surface area contributed by atoms with E-state index in [9.17, 15) is 9.18 Å². The van der Waals surface area contributed by atoms with Gasteiger partial charge in [0.25, 0.3) is 0 Å². The smallest absolute Gasteiger partial charge is 0.232 e. The molecule has 0 bridgehead atoms. The normalized spacial score (nSPS) is 20.5. The lowest BCUT2D eigenvalue weighted by molar-refractivity contribution is -0.188. The number of fused-ring (bicyclic) bond motifs is 1. The molecule has 1 amide bonds. The second-order valence-corrected chi connectivity index (χ2v) is 7.42. The van der Waals surface area contributed by atoms with Crippen LogP contribution < -0.4 is 0 Å². The van der Waals surface area contributed by atoms with E-state index in [2.05, 4.69) is 4.98 Å². The van der Waals surface area contributed by atoms with Gasteiger partial charge >= 0.3 is 0 Å². The van der Waals surface area contributed by atoms with Crippen LogP contribution in [0.1, 0.15) is 32.3 Å². The van der Waals surface area contributed by atoms with Crippen molar-refractivity contribution in [2.45, 2.75) is 37.9 Å². The number of hydrogen-bond donors (Lipinski definition) is 1. The first kappa shape index (κ1) is 16.5. The number of piperidine rings is 1. The summed E-state index contributed by atoms with van der Waals surface area (Å²) in [7, 11) is 0. The highest BCUT2D eigenvalue weighted by atomic mass is 19.1. The van der Waals surface area contributed by atoms with Gasteiger partial charge in [0.15, 0.2) is 5.79 Å². The number of likely N-dealkylation sites (tertiary alicyclic amines) is 1. The van der Waals surface area contributed by atoms with Crippen LogP contribution in [0, 0.1) is 5.82 Å². The SMILES string of the molecule is CC(C)(C(=O)N1CCC2(CC1)OCCO2)c1c[nH]c2cc(F)ccc12. The fourth-order valence-corrected chi connectivity index (χ4v) is 3.96. The number of aromatic amines is 1. The molecule has 1 spiro atoms. The third-order valence-corrected chi connectivity index (χ3v) is 5.48. The Bertz CT molecular complexity index is 798. The van der Waals surface area contributed by atoms with E-state index in [0.29, 0.717) is 44.7 Å². The molecule has 134 valence electrons. The van der Waals surface area contributed by atoms with Crippen LogP contribution in [-0.2, 0) is 19.7 Å². The number of H-pyrrole nitrogens is 1. The molecule has 0 atom stereocenters. The molecule has 0 aliphatic carbocycles. The fraction of sp³-hybridized carbons (Fsp3) is 0.526. The van der Waals surface area contributed by atoms with Crippen molar-refractivity contribution in [1.29, 1.82) is 0 Å². The molecule has 2 saturated heterocycles. The number of nitrogens with one attached hydrogen (secondary N) is 1. The number of carbonyl (C=O) groups is 1. The van der Waals surface area contributed by atoms with Gasteiger partial charge in [-0.2, -0.15) is 0 Å². The summed E-state index contributed by atoms with van der Waals surface area (Å²) in [6.07, 6.45) is 3.22. The van der Waals surface area contributed by atoms with Gasteiger partial charge in [-0.1, -0.05) is 0 Å². The van der Waals surface area contributed by atoms with Gasteiger partial charge in [-0.3, -0.25) is 4.79 Å². The lowest BCUT2D eigenvalue weighted by Crippen LogP contribution is -2.51. The molecule has 1 N–H and O–H groups in total. The van der Waals surface area contributed by atoms with Crippen LogP contribution >= 0.6 is 0 Å². The molecule has 0 unspecified atom stereocenters. The Balaban J connectivity index is 1.56. The Morgan fingerprint density at radius 2 is 1.92 bits per heavy atom. The van der Waals surface area contributed by atoms with Gasteiger partial charge in [0.05, 0.1) is 18.6 Å². The van der Waals surface area contributed by atoms with Gasteiger partial charge in [0.2, 0.25) is 5.91 Å². The second-order valence-electron chi connectivity index (χ2n) is 7.42. The Morgan fingerprint density at radius 1 is 1.24 bits per heavy atom. The first-order valence-corrected chi connectivity index (χ1v) is 8.76. The summed E-state index contributed by atoms with van der Waals surface area (Å²) in [6.45, 7) is 6.36. The molecule has 1 aromatic carbocycles. The quantitative estimate of drug-likeness (QED) is 0.910. The number of amides is 1. The van der Waals surface area contributed by atoms with Crippen molar-refractivity contribution in [2.75, 3.05) is 26.3 Å². The molecule has 4 rings (SSSR count). The summed E-state index contributed by atoms with van der Waals surface area (Å²) in [5.74, 6) is -0.701. The van der Waals surface area contributed by atoms with Crippen LogP contribution in [0.2, 0.25) is 0 Å². The van der Waals surface area contributed by atoms with Gasteiger partial charge in [0.1, 0.15) is 5.82 Å². The van der Waals surface area contributed by atoms with Crippen molar-refractivity contribution < 1.29 is 18.7 Å². The van der Waals surface area contributed by atoms with E-state index >= 15 is 0 Å². The van der Waals surface area contributed by atoms with Crippen LogP contribution in [0.3, 0.4) is 0 Å². The summed E-state index contributed by atoms with van der Waals surface area (Å²) < 4.78 is 24.9. The van der Waals surface area contributed by atoms with E-state index in [0.717, 1.165) is 10.9 Å². The monoisotopic (exact) mass is 346 g/mol. The maximum atomic E-state index is 13.4. The van der Waals surface area contributed by atoms with E-state index in [1.54, 1.807) is 6.07 Å². The molecule has 5 nitrogen and oxygen atoms in total. The van der Waals surface area contributed by atoms with Gasteiger partial charge in [0, 0.05) is 43.0 Å². The van der Waals surface area contributed by atoms with Crippen LogP contribution in [0.15, 0.2) is 24.4 Å². The molecule has 1 aromatic heterocycles. The molecule has 2 aliphatic heterocycles. The number of nitrogens with zero attached hydrogens (tertiary/aromatic N) is 1. The second kappa shape index (κ2) is 5.81. The van der Waals surface area contributed by atoms with Crippen molar-refractivity contribution in [3.05, 3.63) is 35.8 Å². The summed E-state index contributed by atoms with van der Waals surface area (Å²) in [5, 5.41) is 0.885. The lowest BCUT2D eigenvalue weighted by atomic mass is 9.82. The highest BCUT2D eigenvalue weighted by Crippen LogP contribution is 2.36. The van der Waals surface area contributed by atoms with Crippen LogP contribution in [0.4, 0.5) is 4.39 Å². The van der Waals surface area contributed by atoms with Gasteiger partial charge in [-0.15, -0.1) is 0 Å². The Morgan fingerprint density at radius 3 is 2.60 bits per heavy atom. The number of benzene rings is 1. The van der Waals surface area contributed by atoms with Crippen molar-refractivity contribution in [3.63, 3.8) is 0 Å². The molecule has 0 radical (unpaired) electrons. The number of aromatic nitrogens is 1. The van der Waals surface area contributed by atoms with E-state index < -0.39 is 11.2 Å². The topological polar surface area (TPSA) is 54.6 Å². The van der Waals surface area contributed by atoms with Gasteiger partial charge in [-0.05, 0) is 37.6 Å². The van der Waals surface area contributed by atoms with E-state index in [-0.39, 0.29) is 11.7 Å². The number of hydrogen-bond acceptors (Lipinski definition) is 3. The van der Waals surface area contributed by atoms with Gasteiger partial charge < -0.3 is 19.4 Å². The zero-order valence-corrected chi connectivity index (χ0v) is 14.6. The molecule has 3 heterocycles. The minimum absolute atomic E-state index is 0.0746. The maximum Gasteiger partial charge on any atom is 0.232 e. The lowest BCUT2D eigenvalue weighted by Gasteiger charge is -2.40. The third kappa shape index (κ3) is 2.73. The average Bonchev–Trinajstić information content (AvgIpc) is 3.22. The molecule has 2 fully saturated rings. The molecule has 2 aliphatic rings. The van der Waals surface area contributed by atoms with E-state index in [1.807, 2.05) is 24.9 Å². The number of halogens is 1. The van der Waals surface area contributed by atoms with Gasteiger partial charge in [-0.25, -0.2) is 4.39 Å². The van der Waals surface area contributed by atoms with Crippen molar-refractivity contribution in [2.24, 2.45) is 0 Å². The van der Waals surface area contributed by atoms with E-state index in [1.165, 1.54) is 12.1 Å². The first-order valence-electron chi connectivity index (χ1n) is 8.76. The highest BCUT2D eigenvalue weighted by molar-refractivity contribution is 5.94. The molecular weight excluding hydrogens is 323 g/mol. The predicted octanol–water partition coefficient (Wildman–Crippen LogP) is 2.95. The molecule has 2 aromatic rings. The maximum absolute atomic E-state index is 13.4. The molecular formula is C19H23FN2O3. The predicted molar refractivity (Wildman–Crippen MR) is 91.7 cm³/mol. The minimum atomic E-state index is -0.696. The number of ether oxygens (including phenoxy) is 2. The number of rotatable bonds is 2. The minimum Gasteiger partial charge on any atom is -0.361 e. The average molecular weight is 346 g/mol. The summed E-state index contributed by atoms with van der Waals surface area (Å²) >= 11 is 0. The summed E-state index contributed by atoms with van der Waals surface area (Å²) in [6, 6.07) is 4.62. The molecule has 0 saturated carbocycles. The Kier molecular flexibility index (Phi) is 3.85. The van der Waals surface area contributed by atoms with Crippen molar-refractivity contribution >= 4 is 16.8 Å². The summed E-state index contributed by atoms with van der Waals surface area (Å²) in [4.78, 5) is 18.2. The van der Waals surface area contributed by atoms with Crippen molar-refractivity contribution in [3.8, 4) is 0 Å². The van der Waals surface area contributed by atoms with Crippen LogP contribution in [0.25, 0.3) is 10.9 Å². The number of carbonyl (C=O) groups excluding carboxylic acids is 1. The Labute approximate surface area is 146 Å². The molecule has 25 heavy (non-hydrogen) atoms. The zero-order valence-electron chi connectivity index (χ0n) is 14.6. The highest BCUT2D eigenvalue weighted by Gasteiger charge is 2.43. The zero-order chi connectivity index (χ0) is 17.7. The Hall–Kier alpha value is -1.92. The summed E-state index contributed by atoms with van der Waals surface area (Å²) in [5.41, 5.74) is 0.903. The van der Waals surface area contributed by atoms with Crippen LogP contribution in [-0.4, -0.2) is 47.9 Å². The van der Waals surface area contributed by atoms with Crippen LogP contribution in [0.5, 0.6) is 0 Å². The molecule has 6 heteroatoms. The standard InChI is InChI=1S/C19H23FN2O3/c1-18(2,15-12-21-16-11-13(20)3-4-14(15)16)17(23)22-7-5-19(6-8-22)24-9-10-25-19/h3-4,11-12,21H,5-10H2,1-2H3. The van der Waals surface area contributed by atoms with Crippen molar-refractivity contribution in [1.82, 2.24) is 9.88 Å². The fourth-order valence-electron chi connectivity index (χ4n) is 3.96. The third-order valence-electron chi connectivity index (χ3n) is 5.48.